The predicted molar refractivity (Wildman–Crippen MR) is 112 cm³/mol. The number of nitrogens with zero attached hydrogens (tertiary/aromatic N) is 1. The third-order valence-corrected chi connectivity index (χ3v) is 3.89. The molecule has 154 valence electrons. The number of nitriles is 1. The van der Waals surface area contributed by atoms with Crippen molar-refractivity contribution in [3.63, 3.8) is 0 Å². The van der Waals surface area contributed by atoms with Gasteiger partial charge >= 0.3 is 5.97 Å². The van der Waals surface area contributed by atoms with Crippen LogP contribution >= 0.6 is 0 Å². The van der Waals surface area contributed by atoms with Crippen LogP contribution in [0, 0.1) is 11.3 Å². The first-order valence-corrected chi connectivity index (χ1v) is 8.97. The molecule has 1 atom stereocenters. The second-order valence-electron chi connectivity index (χ2n) is 6.24. The minimum Gasteiger partial charge on any atom is -0.497 e. The average Bonchev–Trinajstić information content (AvgIpc) is 2.73. The third-order valence-electron chi connectivity index (χ3n) is 3.89. The van der Waals surface area contributed by atoms with Gasteiger partial charge in [-0.15, -0.1) is 0 Å². The Morgan fingerprint density at radius 3 is 2.07 bits per heavy atom. The van der Waals surface area contributed by atoms with Crippen LogP contribution in [-0.2, 0) is 19.1 Å². The maximum atomic E-state index is 12.3. The van der Waals surface area contributed by atoms with Crippen LogP contribution in [0.3, 0.4) is 0 Å². The largest absolute Gasteiger partial charge is 0.497 e. The highest BCUT2D eigenvalue weighted by Gasteiger charge is 2.20. The first-order valence-electron chi connectivity index (χ1n) is 8.97. The van der Waals surface area contributed by atoms with Crippen molar-refractivity contribution in [2.45, 2.75) is 20.0 Å². The number of rotatable bonds is 7. The summed E-state index contributed by atoms with van der Waals surface area (Å²) in [6, 6.07) is 15.0. The molecule has 0 bridgehead atoms. The number of ether oxygens (including phenoxy) is 2. The summed E-state index contributed by atoms with van der Waals surface area (Å²) in [6.45, 7) is 2.80. The highest BCUT2D eigenvalue weighted by atomic mass is 16.5. The van der Waals surface area contributed by atoms with E-state index in [1.807, 2.05) is 0 Å². The summed E-state index contributed by atoms with van der Waals surface area (Å²) in [5, 5.41) is 14.5. The van der Waals surface area contributed by atoms with E-state index in [1.54, 1.807) is 54.6 Å². The Labute approximate surface area is 174 Å². The Hall–Kier alpha value is -4.12. The number of carbonyl (C=O) groups is 3. The fraction of sp³-hybridized carbons (Fsp3) is 0.182. The summed E-state index contributed by atoms with van der Waals surface area (Å²) in [5.74, 6) is -1.03. The van der Waals surface area contributed by atoms with Crippen molar-refractivity contribution in [2.75, 3.05) is 17.7 Å². The number of methoxy groups -OCH3 is 1. The number of hydrogen-bond donors (Lipinski definition) is 2. The number of benzene rings is 2. The number of amides is 2. The van der Waals surface area contributed by atoms with Crippen LogP contribution in [0.15, 0.2) is 54.1 Å². The monoisotopic (exact) mass is 407 g/mol. The van der Waals surface area contributed by atoms with E-state index in [0.717, 1.165) is 0 Å². The van der Waals surface area contributed by atoms with Crippen molar-refractivity contribution >= 4 is 35.2 Å². The molecule has 0 aliphatic heterocycles. The van der Waals surface area contributed by atoms with E-state index in [0.29, 0.717) is 22.7 Å². The number of anilines is 2. The van der Waals surface area contributed by atoms with Crippen LogP contribution in [0.2, 0.25) is 0 Å². The number of nitrogens with one attached hydrogen (secondary N) is 2. The topological polar surface area (TPSA) is 118 Å². The molecule has 0 saturated carbocycles. The van der Waals surface area contributed by atoms with E-state index in [9.17, 15) is 19.6 Å². The lowest BCUT2D eigenvalue weighted by Crippen LogP contribution is -2.30. The van der Waals surface area contributed by atoms with Crippen molar-refractivity contribution in [2.24, 2.45) is 0 Å². The fourth-order valence-electron chi connectivity index (χ4n) is 2.37. The third kappa shape index (κ3) is 6.49. The normalized spacial score (nSPS) is 11.6. The SMILES string of the molecule is COc1ccc(C=C(C#N)C(=O)OC(C)C(=O)Nc2ccc(NC(C)=O)cc2)cc1. The maximum Gasteiger partial charge on any atom is 0.349 e. The Bertz CT molecular complexity index is 989. The molecule has 30 heavy (non-hydrogen) atoms. The van der Waals surface area contributed by atoms with Gasteiger partial charge in [-0.2, -0.15) is 5.26 Å². The van der Waals surface area contributed by atoms with E-state index in [4.69, 9.17) is 9.47 Å². The van der Waals surface area contributed by atoms with Crippen molar-refractivity contribution < 1.29 is 23.9 Å². The molecule has 0 aliphatic carbocycles. The number of hydrogen-bond acceptors (Lipinski definition) is 6. The zero-order valence-corrected chi connectivity index (χ0v) is 16.8. The molecule has 0 spiro atoms. The lowest BCUT2D eigenvalue weighted by Gasteiger charge is -2.13. The zero-order valence-electron chi connectivity index (χ0n) is 16.8. The number of carbonyl (C=O) groups excluding carboxylic acids is 3. The Morgan fingerprint density at radius 2 is 1.57 bits per heavy atom. The molecule has 2 aromatic carbocycles. The van der Waals surface area contributed by atoms with E-state index in [-0.39, 0.29) is 11.5 Å². The van der Waals surface area contributed by atoms with Gasteiger partial charge < -0.3 is 20.1 Å². The minimum atomic E-state index is -1.12. The van der Waals surface area contributed by atoms with Crippen LogP contribution in [0.1, 0.15) is 19.4 Å². The molecule has 2 aromatic rings. The highest BCUT2D eigenvalue weighted by molar-refractivity contribution is 6.01. The van der Waals surface area contributed by atoms with Gasteiger partial charge in [0.15, 0.2) is 6.10 Å². The van der Waals surface area contributed by atoms with E-state index in [1.165, 1.54) is 27.0 Å². The van der Waals surface area contributed by atoms with Crippen LogP contribution < -0.4 is 15.4 Å². The van der Waals surface area contributed by atoms with Gasteiger partial charge in [-0.1, -0.05) is 12.1 Å². The summed E-state index contributed by atoms with van der Waals surface area (Å²) < 4.78 is 10.2. The van der Waals surface area contributed by atoms with E-state index >= 15 is 0 Å². The van der Waals surface area contributed by atoms with Crippen LogP contribution in [0.5, 0.6) is 5.75 Å². The molecule has 1 unspecified atom stereocenters. The molecule has 8 heteroatoms. The van der Waals surface area contributed by atoms with Gasteiger partial charge in [0.1, 0.15) is 17.4 Å². The molecule has 2 rings (SSSR count). The molecule has 0 fully saturated rings. The molecular weight excluding hydrogens is 386 g/mol. The van der Waals surface area contributed by atoms with E-state index in [2.05, 4.69) is 10.6 Å². The Morgan fingerprint density at radius 1 is 1.00 bits per heavy atom. The smallest absolute Gasteiger partial charge is 0.349 e. The van der Waals surface area contributed by atoms with E-state index < -0.39 is 18.0 Å². The second kappa shape index (κ2) is 10.4. The zero-order chi connectivity index (χ0) is 22.1. The van der Waals surface area contributed by atoms with Gasteiger partial charge in [-0.3, -0.25) is 9.59 Å². The first-order chi connectivity index (χ1) is 14.3. The van der Waals surface area contributed by atoms with Crippen LogP contribution in [-0.4, -0.2) is 31.0 Å². The summed E-state index contributed by atoms with van der Waals surface area (Å²) in [7, 11) is 1.53. The second-order valence-corrected chi connectivity index (χ2v) is 6.24. The lowest BCUT2D eigenvalue weighted by atomic mass is 10.1. The van der Waals surface area contributed by atoms with Gasteiger partial charge in [-0.25, -0.2) is 4.79 Å². The summed E-state index contributed by atoms with van der Waals surface area (Å²) in [5.41, 5.74) is 1.42. The quantitative estimate of drug-likeness (QED) is 0.414. The molecule has 2 amide bonds. The molecule has 0 aliphatic rings. The molecule has 0 saturated heterocycles. The van der Waals surface area contributed by atoms with Gasteiger partial charge in [0.2, 0.25) is 5.91 Å². The van der Waals surface area contributed by atoms with Gasteiger partial charge in [-0.05, 0) is 55.0 Å². The molecule has 0 radical (unpaired) electrons. The standard InChI is InChI=1S/C22H21N3O5/c1-14(21(27)25-19-8-6-18(7-9-19)24-15(2)26)30-22(28)17(13-23)12-16-4-10-20(29-3)11-5-16/h4-12,14H,1-3H3,(H,24,26)(H,25,27). The molecule has 8 nitrogen and oxygen atoms in total. The Kier molecular flexibility index (Phi) is 7.71. The maximum absolute atomic E-state index is 12.3. The average molecular weight is 407 g/mol. The predicted octanol–water partition coefficient (Wildman–Crippen LogP) is 3.13. The lowest BCUT2D eigenvalue weighted by molar-refractivity contribution is -0.148. The van der Waals surface area contributed by atoms with Crippen molar-refractivity contribution in [3.8, 4) is 11.8 Å². The highest BCUT2D eigenvalue weighted by Crippen LogP contribution is 2.16. The first kappa shape index (κ1) is 22.2. The van der Waals surface area contributed by atoms with Crippen molar-refractivity contribution in [1.82, 2.24) is 0 Å². The molecule has 0 aromatic heterocycles. The number of esters is 1. The molecular formula is C22H21N3O5. The Balaban J connectivity index is 1.98. The van der Waals surface area contributed by atoms with Gasteiger partial charge in [0.25, 0.3) is 5.91 Å². The summed E-state index contributed by atoms with van der Waals surface area (Å²) in [4.78, 5) is 35.6. The van der Waals surface area contributed by atoms with Crippen molar-refractivity contribution in [3.05, 3.63) is 59.7 Å². The molecule has 0 heterocycles. The summed E-state index contributed by atoms with van der Waals surface area (Å²) >= 11 is 0. The van der Waals surface area contributed by atoms with Gasteiger partial charge in [0, 0.05) is 18.3 Å². The van der Waals surface area contributed by atoms with Gasteiger partial charge in [0.05, 0.1) is 7.11 Å². The fourth-order valence-corrected chi connectivity index (χ4v) is 2.37. The van der Waals surface area contributed by atoms with Crippen molar-refractivity contribution in [1.29, 1.82) is 5.26 Å². The minimum absolute atomic E-state index is 0.205. The van der Waals surface area contributed by atoms with Crippen LogP contribution in [0.25, 0.3) is 6.08 Å². The summed E-state index contributed by atoms with van der Waals surface area (Å²) in [6.07, 6.45) is 0.243. The molecule has 2 N–H and O–H groups in total. The van der Waals surface area contributed by atoms with Crippen LogP contribution in [0.4, 0.5) is 11.4 Å².